The van der Waals surface area contributed by atoms with Crippen molar-refractivity contribution in [2.45, 2.75) is 30.7 Å². The Labute approximate surface area is 124 Å². The van der Waals surface area contributed by atoms with E-state index >= 15 is 0 Å². The lowest BCUT2D eigenvalue weighted by Gasteiger charge is -2.23. The number of rotatable bonds is 4. The quantitative estimate of drug-likeness (QED) is 0.795. The van der Waals surface area contributed by atoms with Gasteiger partial charge in [0.15, 0.2) is 9.84 Å². The van der Waals surface area contributed by atoms with Crippen molar-refractivity contribution in [3.63, 3.8) is 0 Å². The summed E-state index contributed by atoms with van der Waals surface area (Å²) in [4.78, 5) is 12.1. The summed E-state index contributed by atoms with van der Waals surface area (Å²) in [6.07, 6.45) is 1.43. The second kappa shape index (κ2) is 6.44. The maximum absolute atomic E-state index is 12.3. The maximum Gasteiger partial charge on any atom is 0.235 e. The van der Waals surface area contributed by atoms with E-state index in [1.54, 1.807) is 13.0 Å². The number of nitrogens with one attached hydrogen (secondary N) is 1. The van der Waals surface area contributed by atoms with E-state index in [4.69, 9.17) is 10.5 Å². The molecule has 6 nitrogen and oxygen atoms in total. The Morgan fingerprint density at radius 2 is 2.05 bits per heavy atom. The number of nitrogens with two attached hydrogens (primary N) is 1. The molecule has 0 bridgehead atoms. The molecule has 1 aromatic carbocycles. The lowest BCUT2D eigenvalue weighted by atomic mass is 10.1. The zero-order chi connectivity index (χ0) is 15.5. The third-order valence-electron chi connectivity index (χ3n) is 3.44. The van der Waals surface area contributed by atoms with E-state index < -0.39 is 21.5 Å². The highest BCUT2D eigenvalue weighted by atomic mass is 32.2. The van der Waals surface area contributed by atoms with Crippen molar-refractivity contribution >= 4 is 21.4 Å². The van der Waals surface area contributed by atoms with E-state index in [1.807, 2.05) is 0 Å². The first-order valence-corrected chi connectivity index (χ1v) is 8.50. The fourth-order valence-corrected chi connectivity index (χ4v) is 3.79. The number of amides is 1. The zero-order valence-electron chi connectivity index (χ0n) is 12.0. The highest BCUT2D eigenvalue weighted by Gasteiger charge is 2.23. The van der Waals surface area contributed by atoms with Crippen LogP contribution in [0.15, 0.2) is 23.1 Å². The Kier molecular flexibility index (Phi) is 4.84. The van der Waals surface area contributed by atoms with Crippen molar-refractivity contribution in [1.82, 2.24) is 5.32 Å². The van der Waals surface area contributed by atoms with Gasteiger partial charge in [-0.15, -0.1) is 0 Å². The fraction of sp³-hybridized carbons (Fsp3) is 0.500. The van der Waals surface area contributed by atoms with E-state index in [0.717, 1.165) is 0 Å². The van der Waals surface area contributed by atoms with Crippen LogP contribution in [0, 0.1) is 6.92 Å². The van der Waals surface area contributed by atoms with E-state index in [0.29, 0.717) is 37.3 Å². The van der Waals surface area contributed by atoms with Crippen LogP contribution in [-0.2, 0) is 19.4 Å². The van der Waals surface area contributed by atoms with Gasteiger partial charge in [0, 0.05) is 24.9 Å². The number of carbonyl (C=O) groups excluding carboxylic acids is 1. The molecule has 1 saturated heterocycles. The molecule has 3 N–H and O–H groups in total. The van der Waals surface area contributed by atoms with Gasteiger partial charge in [0.05, 0.1) is 4.90 Å². The third-order valence-corrected chi connectivity index (χ3v) is 5.21. The fourth-order valence-electron chi connectivity index (χ4n) is 2.38. The second-order valence-corrected chi connectivity index (χ2v) is 7.20. The Balaban J connectivity index is 2.04. The molecule has 0 saturated carbocycles. The highest BCUT2D eigenvalue weighted by molar-refractivity contribution is 7.92. The van der Waals surface area contributed by atoms with Crippen LogP contribution in [0.1, 0.15) is 18.4 Å². The molecular formula is C14H20N2O4S. The van der Waals surface area contributed by atoms with Crippen molar-refractivity contribution in [1.29, 1.82) is 0 Å². The summed E-state index contributed by atoms with van der Waals surface area (Å²) in [7, 11) is -3.66. The van der Waals surface area contributed by atoms with Crippen LogP contribution in [0.3, 0.4) is 0 Å². The van der Waals surface area contributed by atoms with Gasteiger partial charge in [-0.3, -0.25) is 4.79 Å². The maximum atomic E-state index is 12.3. The van der Waals surface area contributed by atoms with Crippen molar-refractivity contribution in [2.24, 2.45) is 0 Å². The highest BCUT2D eigenvalue weighted by Crippen LogP contribution is 2.19. The lowest BCUT2D eigenvalue weighted by molar-refractivity contribution is -0.119. The molecule has 0 atom stereocenters. The number of hydrogen-bond donors (Lipinski definition) is 2. The Morgan fingerprint density at radius 1 is 1.38 bits per heavy atom. The molecule has 0 spiro atoms. The molecular weight excluding hydrogens is 292 g/mol. The predicted octanol–water partition coefficient (Wildman–Crippen LogP) is 0.646. The Hall–Kier alpha value is -1.60. The molecule has 1 aliphatic heterocycles. The first kappa shape index (κ1) is 15.8. The van der Waals surface area contributed by atoms with Crippen molar-refractivity contribution < 1.29 is 17.9 Å². The molecule has 2 rings (SSSR count). The number of sulfone groups is 1. The largest absolute Gasteiger partial charge is 0.399 e. The first-order chi connectivity index (χ1) is 9.88. The second-order valence-electron chi connectivity index (χ2n) is 5.24. The topological polar surface area (TPSA) is 98.5 Å². The molecule has 7 heteroatoms. The number of hydrogen-bond acceptors (Lipinski definition) is 5. The molecule has 116 valence electrons. The van der Waals surface area contributed by atoms with Gasteiger partial charge >= 0.3 is 0 Å². The minimum Gasteiger partial charge on any atom is -0.399 e. The number of benzene rings is 1. The molecule has 1 aliphatic rings. The average molecular weight is 312 g/mol. The molecule has 0 aromatic heterocycles. The summed E-state index contributed by atoms with van der Waals surface area (Å²) < 4.78 is 29.8. The Morgan fingerprint density at radius 3 is 2.67 bits per heavy atom. The molecule has 1 amide bonds. The monoisotopic (exact) mass is 312 g/mol. The van der Waals surface area contributed by atoms with Gasteiger partial charge in [0.25, 0.3) is 0 Å². The molecule has 1 heterocycles. The standard InChI is InChI=1S/C14H20N2O4S/c1-10-8-11(15)2-3-13(10)21(18,19)9-14(17)16-12-4-6-20-7-5-12/h2-3,8,12H,4-7,9,15H2,1H3,(H,16,17). The normalized spacial score (nSPS) is 16.6. The van der Waals surface area contributed by atoms with Crippen LogP contribution in [0.4, 0.5) is 5.69 Å². The zero-order valence-corrected chi connectivity index (χ0v) is 12.8. The molecule has 0 radical (unpaired) electrons. The predicted molar refractivity (Wildman–Crippen MR) is 79.6 cm³/mol. The van der Waals surface area contributed by atoms with Gasteiger partial charge in [0.1, 0.15) is 5.75 Å². The summed E-state index contributed by atoms with van der Waals surface area (Å²) in [6, 6.07) is 4.55. The molecule has 1 aromatic rings. The van der Waals surface area contributed by atoms with Crippen LogP contribution in [0.2, 0.25) is 0 Å². The minimum atomic E-state index is -3.66. The van der Waals surface area contributed by atoms with Crippen molar-refractivity contribution in [3.05, 3.63) is 23.8 Å². The number of anilines is 1. The SMILES string of the molecule is Cc1cc(N)ccc1S(=O)(=O)CC(=O)NC1CCOCC1. The molecule has 1 fully saturated rings. The molecule has 0 aliphatic carbocycles. The van der Waals surface area contributed by atoms with Gasteiger partial charge < -0.3 is 15.8 Å². The molecule has 21 heavy (non-hydrogen) atoms. The van der Waals surface area contributed by atoms with Gasteiger partial charge in [-0.05, 0) is 43.5 Å². The summed E-state index contributed by atoms with van der Waals surface area (Å²) in [6.45, 7) is 2.85. The van der Waals surface area contributed by atoms with E-state index in [1.165, 1.54) is 12.1 Å². The van der Waals surface area contributed by atoms with E-state index in [9.17, 15) is 13.2 Å². The van der Waals surface area contributed by atoms with E-state index in [-0.39, 0.29) is 10.9 Å². The van der Waals surface area contributed by atoms with Crippen molar-refractivity contribution in [3.8, 4) is 0 Å². The van der Waals surface area contributed by atoms with Crippen LogP contribution in [-0.4, -0.2) is 39.3 Å². The van der Waals surface area contributed by atoms with Gasteiger partial charge in [-0.25, -0.2) is 8.42 Å². The van der Waals surface area contributed by atoms with E-state index in [2.05, 4.69) is 5.32 Å². The summed E-state index contributed by atoms with van der Waals surface area (Å²) in [5.41, 5.74) is 6.66. The van der Waals surface area contributed by atoms with Crippen LogP contribution >= 0.6 is 0 Å². The summed E-state index contributed by atoms with van der Waals surface area (Å²) in [5.74, 6) is -1.02. The molecule has 0 unspecified atom stereocenters. The lowest BCUT2D eigenvalue weighted by Crippen LogP contribution is -2.41. The smallest absolute Gasteiger partial charge is 0.235 e. The number of aryl methyl sites for hydroxylation is 1. The first-order valence-electron chi connectivity index (χ1n) is 6.84. The van der Waals surface area contributed by atoms with Gasteiger partial charge in [0.2, 0.25) is 5.91 Å². The van der Waals surface area contributed by atoms with Crippen LogP contribution in [0.25, 0.3) is 0 Å². The average Bonchev–Trinajstić information content (AvgIpc) is 2.38. The summed E-state index contributed by atoms with van der Waals surface area (Å²) in [5, 5.41) is 2.75. The van der Waals surface area contributed by atoms with Gasteiger partial charge in [-0.2, -0.15) is 0 Å². The summed E-state index contributed by atoms with van der Waals surface area (Å²) >= 11 is 0. The number of nitrogen functional groups attached to an aromatic ring is 1. The number of ether oxygens (including phenoxy) is 1. The third kappa shape index (κ3) is 4.18. The minimum absolute atomic E-state index is 0.00559. The van der Waals surface area contributed by atoms with Crippen molar-refractivity contribution in [2.75, 3.05) is 24.7 Å². The van der Waals surface area contributed by atoms with Crippen LogP contribution in [0.5, 0.6) is 0 Å². The van der Waals surface area contributed by atoms with Gasteiger partial charge in [-0.1, -0.05) is 0 Å². The van der Waals surface area contributed by atoms with Crippen LogP contribution < -0.4 is 11.1 Å². The number of carbonyl (C=O) groups is 1. The Bertz CT molecular complexity index is 622.